The van der Waals surface area contributed by atoms with Gasteiger partial charge in [0.2, 0.25) is 0 Å². The van der Waals surface area contributed by atoms with E-state index >= 15 is 0 Å². The Bertz CT molecular complexity index is 728. The van der Waals surface area contributed by atoms with Crippen LogP contribution in [-0.4, -0.2) is 23.3 Å². The summed E-state index contributed by atoms with van der Waals surface area (Å²) in [4.78, 5) is 2.29. The topological polar surface area (TPSA) is 42.2 Å². The van der Waals surface area contributed by atoms with Gasteiger partial charge >= 0.3 is 0 Å². The highest BCUT2D eigenvalue weighted by Crippen LogP contribution is 2.33. The van der Waals surface area contributed by atoms with E-state index in [1.54, 1.807) is 6.20 Å². The first-order valence-corrected chi connectivity index (χ1v) is 6.81. The van der Waals surface area contributed by atoms with Crippen LogP contribution in [0.5, 0.6) is 0 Å². The molecule has 1 aromatic carbocycles. The highest BCUT2D eigenvalue weighted by molar-refractivity contribution is 6.07. The Hall–Kier alpha value is -2.10. The van der Waals surface area contributed by atoms with Gasteiger partial charge in [0.15, 0.2) is 11.4 Å². The molecule has 0 spiro atoms. The van der Waals surface area contributed by atoms with Crippen molar-refractivity contribution in [2.45, 2.75) is 19.3 Å². The van der Waals surface area contributed by atoms with Crippen LogP contribution in [-0.2, 0) is 0 Å². The van der Waals surface area contributed by atoms with Gasteiger partial charge in [0.25, 0.3) is 0 Å². The smallest absolute Gasteiger partial charge is 0.195 e. The molecule has 4 rings (SSSR count). The summed E-state index contributed by atoms with van der Waals surface area (Å²) in [6, 6.07) is 8.09. The molecule has 2 aromatic heterocycles. The first-order chi connectivity index (χ1) is 9.43. The van der Waals surface area contributed by atoms with Crippen molar-refractivity contribution in [3.63, 3.8) is 0 Å². The van der Waals surface area contributed by atoms with E-state index in [1.165, 1.54) is 19.3 Å². The lowest BCUT2D eigenvalue weighted by molar-refractivity contribution is 0.567. The summed E-state index contributed by atoms with van der Waals surface area (Å²) in [6.07, 6.45) is 5.55. The summed E-state index contributed by atoms with van der Waals surface area (Å²) in [7, 11) is 0. The SMILES string of the molecule is c1ccc2c(c1)oc1c(N3CCCCC3)nncc12. The van der Waals surface area contributed by atoms with Gasteiger partial charge in [0.1, 0.15) is 5.58 Å². The van der Waals surface area contributed by atoms with Crippen LogP contribution < -0.4 is 4.90 Å². The molecule has 19 heavy (non-hydrogen) atoms. The molecule has 0 unspecified atom stereocenters. The molecule has 96 valence electrons. The van der Waals surface area contributed by atoms with Crippen LogP contribution in [0.2, 0.25) is 0 Å². The third-order valence-electron chi connectivity index (χ3n) is 3.83. The maximum atomic E-state index is 5.99. The fraction of sp³-hybridized carbons (Fsp3) is 0.333. The van der Waals surface area contributed by atoms with Crippen LogP contribution in [0.4, 0.5) is 5.82 Å². The molecule has 0 atom stereocenters. The zero-order chi connectivity index (χ0) is 12.7. The maximum absolute atomic E-state index is 5.99. The first kappa shape index (κ1) is 10.8. The van der Waals surface area contributed by atoms with Gasteiger partial charge in [-0.2, -0.15) is 5.10 Å². The van der Waals surface area contributed by atoms with Crippen molar-refractivity contribution in [2.24, 2.45) is 0 Å². The Kier molecular flexibility index (Phi) is 2.40. The van der Waals surface area contributed by atoms with E-state index in [1.807, 2.05) is 18.2 Å². The molecule has 4 heteroatoms. The van der Waals surface area contributed by atoms with Gasteiger partial charge < -0.3 is 9.32 Å². The molecule has 1 aliphatic heterocycles. The average molecular weight is 253 g/mol. The lowest BCUT2D eigenvalue weighted by Gasteiger charge is -2.26. The monoisotopic (exact) mass is 253 g/mol. The Morgan fingerprint density at radius 1 is 1.00 bits per heavy atom. The summed E-state index contributed by atoms with van der Waals surface area (Å²) in [5, 5.41) is 10.6. The third kappa shape index (κ3) is 1.67. The average Bonchev–Trinajstić information content (AvgIpc) is 2.87. The summed E-state index contributed by atoms with van der Waals surface area (Å²) >= 11 is 0. The minimum absolute atomic E-state index is 0.873. The van der Waals surface area contributed by atoms with Crippen molar-refractivity contribution in [1.82, 2.24) is 10.2 Å². The van der Waals surface area contributed by atoms with Gasteiger partial charge in [-0.15, -0.1) is 5.10 Å². The molecule has 0 N–H and O–H groups in total. The lowest BCUT2D eigenvalue weighted by Crippen LogP contribution is -2.30. The minimum atomic E-state index is 0.873. The third-order valence-corrected chi connectivity index (χ3v) is 3.83. The maximum Gasteiger partial charge on any atom is 0.195 e. The van der Waals surface area contributed by atoms with E-state index in [0.29, 0.717) is 0 Å². The molecule has 4 nitrogen and oxygen atoms in total. The molecule has 1 fully saturated rings. The van der Waals surface area contributed by atoms with Crippen molar-refractivity contribution in [2.75, 3.05) is 18.0 Å². The fourth-order valence-corrected chi connectivity index (χ4v) is 2.86. The van der Waals surface area contributed by atoms with Crippen LogP contribution in [0.1, 0.15) is 19.3 Å². The number of benzene rings is 1. The second-order valence-electron chi connectivity index (χ2n) is 5.06. The molecule has 0 aliphatic carbocycles. The molecule has 1 saturated heterocycles. The van der Waals surface area contributed by atoms with Crippen LogP contribution in [0.3, 0.4) is 0 Å². The number of piperidine rings is 1. The Balaban J connectivity index is 1.95. The van der Waals surface area contributed by atoms with Crippen LogP contribution in [0, 0.1) is 0 Å². The number of nitrogens with zero attached hydrogens (tertiary/aromatic N) is 3. The van der Waals surface area contributed by atoms with Gasteiger partial charge in [-0.3, -0.25) is 0 Å². The number of hydrogen-bond acceptors (Lipinski definition) is 4. The highest BCUT2D eigenvalue weighted by atomic mass is 16.3. The fourth-order valence-electron chi connectivity index (χ4n) is 2.86. The highest BCUT2D eigenvalue weighted by Gasteiger charge is 2.19. The van der Waals surface area contributed by atoms with E-state index in [9.17, 15) is 0 Å². The number of aromatic nitrogens is 2. The minimum Gasteiger partial charge on any atom is -0.452 e. The molecule has 1 aliphatic rings. The Morgan fingerprint density at radius 2 is 1.84 bits per heavy atom. The van der Waals surface area contributed by atoms with Crippen LogP contribution >= 0.6 is 0 Å². The summed E-state index contributed by atoms with van der Waals surface area (Å²) in [5.41, 5.74) is 1.78. The second-order valence-corrected chi connectivity index (χ2v) is 5.06. The molecule has 0 radical (unpaired) electrons. The van der Waals surface area contributed by atoms with Crippen molar-refractivity contribution in [3.05, 3.63) is 30.5 Å². The van der Waals surface area contributed by atoms with E-state index in [4.69, 9.17) is 4.42 Å². The number of anilines is 1. The van der Waals surface area contributed by atoms with Gasteiger partial charge in [-0.1, -0.05) is 18.2 Å². The van der Waals surface area contributed by atoms with E-state index in [0.717, 1.165) is 40.8 Å². The summed E-state index contributed by atoms with van der Waals surface area (Å²) in [6.45, 7) is 2.09. The zero-order valence-electron chi connectivity index (χ0n) is 10.7. The molecule has 0 bridgehead atoms. The normalized spacial score (nSPS) is 16.3. The molecule has 0 amide bonds. The standard InChI is InChI=1S/C15H15N3O/c1-4-8-18(9-5-1)15-14-12(10-16-17-15)11-6-2-3-7-13(11)19-14/h2-3,6-7,10H,1,4-5,8-9H2. The largest absolute Gasteiger partial charge is 0.452 e. The molecule has 3 heterocycles. The quantitative estimate of drug-likeness (QED) is 0.667. The van der Waals surface area contributed by atoms with Gasteiger partial charge in [-0.25, -0.2) is 0 Å². The molecule has 3 aromatic rings. The Labute approximate surface area is 111 Å². The predicted octanol–water partition coefficient (Wildman–Crippen LogP) is 3.37. The van der Waals surface area contributed by atoms with Crippen molar-refractivity contribution < 1.29 is 4.42 Å². The van der Waals surface area contributed by atoms with E-state index < -0.39 is 0 Å². The van der Waals surface area contributed by atoms with Crippen molar-refractivity contribution in [1.29, 1.82) is 0 Å². The lowest BCUT2D eigenvalue weighted by atomic mass is 10.1. The number of rotatable bonds is 1. The summed E-state index contributed by atoms with van der Waals surface area (Å²) in [5.74, 6) is 0.897. The zero-order valence-corrected chi connectivity index (χ0v) is 10.7. The van der Waals surface area contributed by atoms with Crippen molar-refractivity contribution in [3.8, 4) is 0 Å². The Morgan fingerprint density at radius 3 is 2.74 bits per heavy atom. The number of fused-ring (bicyclic) bond motifs is 3. The summed E-state index contributed by atoms with van der Waals surface area (Å²) < 4.78 is 5.99. The second kappa shape index (κ2) is 4.23. The molecular weight excluding hydrogens is 238 g/mol. The van der Waals surface area contributed by atoms with Gasteiger partial charge in [-0.05, 0) is 25.3 Å². The number of furan rings is 1. The van der Waals surface area contributed by atoms with E-state index in [-0.39, 0.29) is 0 Å². The molecule has 0 saturated carbocycles. The van der Waals surface area contributed by atoms with Gasteiger partial charge in [0.05, 0.1) is 11.6 Å². The van der Waals surface area contributed by atoms with E-state index in [2.05, 4.69) is 21.2 Å². The predicted molar refractivity (Wildman–Crippen MR) is 75.4 cm³/mol. The van der Waals surface area contributed by atoms with Crippen molar-refractivity contribution >= 4 is 27.8 Å². The van der Waals surface area contributed by atoms with Crippen LogP contribution in [0.25, 0.3) is 21.9 Å². The number of hydrogen-bond donors (Lipinski definition) is 0. The van der Waals surface area contributed by atoms with Crippen LogP contribution in [0.15, 0.2) is 34.9 Å². The van der Waals surface area contributed by atoms with Gasteiger partial charge in [0, 0.05) is 18.5 Å². The number of para-hydroxylation sites is 1. The molecular formula is C15H15N3O. The first-order valence-electron chi connectivity index (χ1n) is 6.81.